The third kappa shape index (κ3) is 4.48. The fourth-order valence-corrected chi connectivity index (χ4v) is 3.51. The number of fused-ring (bicyclic) bond motifs is 1. The Balaban J connectivity index is 1.86. The maximum absolute atomic E-state index is 13.0. The summed E-state index contributed by atoms with van der Waals surface area (Å²) in [5, 5.41) is 0. The second-order valence-electron chi connectivity index (χ2n) is 7.58. The quantitative estimate of drug-likeness (QED) is 0.754. The Labute approximate surface area is 161 Å². The number of hydrogen-bond donors (Lipinski definition) is 1. The number of hydrogen-bond acceptors (Lipinski definition) is 5. The number of nitrogens with two attached hydrogens (primary N) is 1. The average molecular weight is 374 g/mol. The largest absolute Gasteiger partial charge is 0.379 e. The molecule has 7 nitrogen and oxygen atoms in total. The number of amides is 2. The third-order valence-electron chi connectivity index (χ3n) is 5.20. The van der Waals surface area contributed by atoms with Crippen LogP contribution >= 0.6 is 0 Å². The maximum Gasteiger partial charge on any atom is 0.253 e. The van der Waals surface area contributed by atoms with E-state index in [0.717, 1.165) is 37.4 Å². The van der Waals surface area contributed by atoms with Crippen molar-refractivity contribution in [3.63, 3.8) is 0 Å². The van der Waals surface area contributed by atoms with E-state index in [1.807, 2.05) is 24.3 Å². The Kier molecular flexibility index (Phi) is 6.46. The van der Waals surface area contributed by atoms with Gasteiger partial charge in [0.1, 0.15) is 0 Å². The minimum absolute atomic E-state index is 0.318. The van der Waals surface area contributed by atoms with Gasteiger partial charge in [-0.2, -0.15) is 0 Å². The molecule has 0 aliphatic carbocycles. The highest BCUT2D eigenvalue weighted by atomic mass is 16.5. The number of nitrogens with zero attached hydrogens (tertiary/aromatic N) is 3. The summed E-state index contributed by atoms with van der Waals surface area (Å²) in [6.07, 6.45) is 0.856. The fraction of sp³-hybridized carbons (Fsp3) is 0.600. The third-order valence-corrected chi connectivity index (χ3v) is 5.20. The Hall–Kier alpha value is -1.96. The number of carbonyl (C=O) groups is 2. The number of benzene rings is 1. The zero-order valence-corrected chi connectivity index (χ0v) is 16.3. The number of ether oxygens (including phenoxy) is 1. The van der Waals surface area contributed by atoms with Gasteiger partial charge in [0, 0.05) is 32.7 Å². The SMILES string of the molecule is CC(C)CCN1C(=O)C(N)C(=O)N(CCN2CCOCC2)c2ccccc21. The van der Waals surface area contributed by atoms with Crippen molar-refractivity contribution in [2.45, 2.75) is 26.3 Å². The highest BCUT2D eigenvalue weighted by Crippen LogP contribution is 2.33. The summed E-state index contributed by atoms with van der Waals surface area (Å²) in [5.74, 6) is -0.188. The lowest BCUT2D eigenvalue weighted by Gasteiger charge is -2.30. The van der Waals surface area contributed by atoms with Gasteiger partial charge in [0.05, 0.1) is 24.6 Å². The van der Waals surface area contributed by atoms with E-state index < -0.39 is 6.04 Å². The fourth-order valence-electron chi connectivity index (χ4n) is 3.51. The molecule has 1 fully saturated rings. The summed E-state index contributed by atoms with van der Waals surface area (Å²) < 4.78 is 5.39. The molecule has 2 aliphatic heterocycles. The predicted octanol–water partition coefficient (Wildman–Crippen LogP) is 1.07. The van der Waals surface area contributed by atoms with Crippen LogP contribution in [0, 0.1) is 5.92 Å². The van der Waals surface area contributed by atoms with Gasteiger partial charge in [-0.3, -0.25) is 14.5 Å². The van der Waals surface area contributed by atoms with E-state index in [1.165, 1.54) is 0 Å². The van der Waals surface area contributed by atoms with Crippen molar-refractivity contribution in [1.82, 2.24) is 4.90 Å². The van der Waals surface area contributed by atoms with Crippen molar-refractivity contribution in [2.75, 3.05) is 55.7 Å². The summed E-state index contributed by atoms with van der Waals surface area (Å²) in [7, 11) is 0. The molecule has 0 bridgehead atoms. The Morgan fingerprint density at radius 2 is 1.56 bits per heavy atom. The molecule has 0 radical (unpaired) electrons. The number of rotatable bonds is 6. The highest BCUT2D eigenvalue weighted by Gasteiger charge is 2.37. The second-order valence-corrected chi connectivity index (χ2v) is 7.58. The van der Waals surface area contributed by atoms with Crippen LogP contribution in [0.4, 0.5) is 11.4 Å². The van der Waals surface area contributed by atoms with Gasteiger partial charge in [0.15, 0.2) is 6.04 Å². The maximum atomic E-state index is 13.0. The molecule has 1 aromatic carbocycles. The molecule has 3 rings (SSSR count). The number of anilines is 2. The molecule has 0 spiro atoms. The van der Waals surface area contributed by atoms with Crippen molar-refractivity contribution in [1.29, 1.82) is 0 Å². The summed E-state index contributed by atoms with van der Waals surface area (Å²) in [6, 6.07) is 6.45. The van der Waals surface area contributed by atoms with Gasteiger partial charge in [0.25, 0.3) is 11.8 Å². The van der Waals surface area contributed by atoms with Crippen LogP contribution < -0.4 is 15.5 Å². The summed E-state index contributed by atoms with van der Waals surface area (Å²) >= 11 is 0. The summed E-state index contributed by atoms with van der Waals surface area (Å²) in [4.78, 5) is 31.5. The van der Waals surface area contributed by atoms with E-state index in [9.17, 15) is 9.59 Å². The van der Waals surface area contributed by atoms with Gasteiger partial charge in [-0.1, -0.05) is 26.0 Å². The van der Waals surface area contributed by atoms with Crippen LogP contribution in [0.5, 0.6) is 0 Å². The Morgan fingerprint density at radius 3 is 2.11 bits per heavy atom. The number of para-hydroxylation sites is 2. The van der Waals surface area contributed by atoms with Crippen molar-refractivity contribution in [3.8, 4) is 0 Å². The lowest BCUT2D eigenvalue weighted by molar-refractivity contribution is -0.128. The van der Waals surface area contributed by atoms with Gasteiger partial charge < -0.3 is 20.3 Å². The zero-order chi connectivity index (χ0) is 19.4. The molecule has 2 N–H and O–H groups in total. The van der Waals surface area contributed by atoms with E-state index in [-0.39, 0.29) is 11.8 Å². The van der Waals surface area contributed by atoms with Crippen LogP contribution in [0.15, 0.2) is 24.3 Å². The normalized spacial score (nSPS) is 21.6. The second kappa shape index (κ2) is 8.82. The van der Waals surface area contributed by atoms with Crippen LogP contribution in [0.2, 0.25) is 0 Å². The van der Waals surface area contributed by atoms with E-state index in [0.29, 0.717) is 32.2 Å². The minimum atomic E-state index is -1.16. The molecule has 0 aromatic heterocycles. The molecule has 7 heteroatoms. The molecule has 0 saturated carbocycles. The monoisotopic (exact) mass is 374 g/mol. The van der Waals surface area contributed by atoms with Crippen LogP contribution in [0.3, 0.4) is 0 Å². The smallest absolute Gasteiger partial charge is 0.253 e. The first kappa shape index (κ1) is 19.8. The van der Waals surface area contributed by atoms with Crippen LogP contribution in [0.1, 0.15) is 20.3 Å². The van der Waals surface area contributed by atoms with Gasteiger partial charge in [-0.25, -0.2) is 0 Å². The first-order valence-corrected chi connectivity index (χ1v) is 9.76. The van der Waals surface area contributed by atoms with E-state index >= 15 is 0 Å². The summed E-state index contributed by atoms with van der Waals surface area (Å²) in [5.41, 5.74) is 7.62. The van der Waals surface area contributed by atoms with Crippen molar-refractivity contribution in [2.24, 2.45) is 11.7 Å². The van der Waals surface area contributed by atoms with Gasteiger partial charge in [-0.05, 0) is 24.5 Å². The zero-order valence-electron chi connectivity index (χ0n) is 16.3. The topological polar surface area (TPSA) is 79.1 Å². The molecule has 27 heavy (non-hydrogen) atoms. The molecule has 1 atom stereocenters. The lowest BCUT2D eigenvalue weighted by atomic mass is 10.1. The summed E-state index contributed by atoms with van der Waals surface area (Å²) in [6.45, 7) is 9.18. The molecule has 1 aromatic rings. The molecule has 2 amide bonds. The Morgan fingerprint density at radius 1 is 1.00 bits per heavy atom. The molecule has 2 heterocycles. The predicted molar refractivity (Wildman–Crippen MR) is 106 cm³/mol. The number of morpholine rings is 1. The van der Waals surface area contributed by atoms with Crippen molar-refractivity contribution in [3.05, 3.63) is 24.3 Å². The molecule has 2 aliphatic rings. The van der Waals surface area contributed by atoms with Crippen LogP contribution in [0.25, 0.3) is 0 Å². The van der Waals surface area contributed by atoms with E-state index in [4.69, 9.17) is 10.5 Å². The van der Waals surface area contributed by atoms with Gasteiger partial charge in [-0.15, -0.1) is 0 Å². The van der Waals surface area contributed by atoms with E-state index in [1.54, 1.807) is 9.80 Å². The highest BCUT2D eigenvalue weighted by molar-refractivity contribution is 6.20. The standard InChI is InChI=1S/C20H30N4O3/c1-15(2)7-8-23-16-5-3-4-6-17(16)24(20(26)18(21)19(23)25)10-9-22-11-13-27-14-12-22/h3-6,15,18H,7-14,21H2,1-2H3. The molecular formula is C20H30N4O3. The molecule has 1 saturated heterocycles. The van der Waals surface area contributed by atoms with Crippen LogP contribution in [-0.2, 0) is 14.3 Å². The number of carbonyl (C=O) groups excluding carboxylic acids is 2. The van der Waals surface area contributed by atoms with E-state index in [2.05, 4.69) is 18.7 Å². The average Bonchev–Trinajstić information content (AvgIpc) is 2.75. The molecule has 148 valence electrons. The van der Waals surface area contributed by atoms with Crippen molar-refractivity contribution < 1.29 is 14.3 Å². The Bertz CT molecular complexity index is 673. The van der Waals surface area contributed by atoms with Crippen molar-refractivity contribution >= 4 is 23.2 Å². The van der Waals surface area contributed by atoms with Gasteiger partial charge in [0.2, 0.25) is 0 Å². The first-order valence-electron chi connectivity index (χ1n) is 9.76. The molecule has 1 unspecified atom stereocenters. The minimum Gasteiger partial charge on any atom is -0.379 e. The first-order chi connectivity index (χ1) is 13.0. The lowest BCUT2D eigenvalue weighted by Crippen LogP contribution is -2.53. The van der Waals surface area contributed by atoms with Crippen LogP contribution in [-0.4, -0.2) is 68.7 Å². The molecular weight excluding hydrogens is 344 g/mol. The van der Waals surface area contributed by atoms with Gasteiger partial charge >= 0.3 is 0 Å².